The van der Waals surface area contributed by atoms with Crippen LogP contribution in [-0.2, 0) is 0 Å². The number of anilines is 1. The Morgan fingerprint density at radius 3 is 2.68 bits per heavy atom. The molecule has 0 aliphatic carbocycles. The normalized spacial score (nSPS) is 13.7. The Morgan fingerprint density at radius 1 is 1.47 bits per heavy atom. The molecule has 0 aliphatic heterocycles. The molecule has 2 atom stereocenters. The molecule has 0 heterocycles. The quantitative estimate of drug-likeness (QED) is 0.729. The van der Waals surface area contributed by atoms with Crippen molar-refractivity contribution in [2.45, 2.75) is 24.8 Å². The van der Waals surface area contributed by atoms with Crippen LogP contribution in [0, 0.1) is 11.7 Å². The van der Waals surface area contributed by atoms with E-state index < -0.39 is 6.03 Å². The lowest BCUT2D eigenvalue weighted by molar-refractivity contribution is 0.204. The number of hydrogen-bond donors (Lipinski definition) is 3. The number of rotatable bonds is 5. The molecule has 1 rings (SSSR count). The van der Waals surface area contributed by atoms with E-state index in [9.17, 15) is 9.18 Å². The van der Waals surface area contributed by atoms with Crippen LogP contribution in [0.4, 0.5) is 14.9 Å². The molecular formula is C13H19FN2O2S. The number of thioether (sulfide) groups is 1. The van der Waals surface area contributed by atoms with Gasteiger partial charge in [-0.3, -0.25) is 0 Å². The minimum atomic E-state index is -0.413. The van der Waals surface area contributed by atoms with Crippen LogP contribution in [0.5, 0.6) is 0 Å². The molecule has 106 valence electrons. The predicted molar refractivity (Wildman–Crippen MR) is 76.0 cm³/mol. The topological polar surface area (TPSA) is 61.4 Å². The number of benzene rings is 1. The monoisotopic (exact) mass is 286 g/mol. The van der Waals surface area contributed by atoms with Gasteiger partial charge in [0.25, 0.3) is 0 Å². The van der Waals surface area contributed by atoms with E-state index >= 15 is 0 Å². The van der Waals surface area contributed by atoms with Gasteiger partial charge in [-0.05, 0) is 37.3 Å². The van der Waals surface area contributed by atoms with Crippen molar-refractivity contribution in [3.63, 3.8) is 0 Å². The summed E-state index contributed by atoms with van der Waals surface area (Å²) in [6.07, 6.45) is 1.79. The maximum absolute atomic E-state index is 13.5. The van der Waals surface area contributed by atoms with Gasteiger partial charge in [0, 0.05) is 23.2 Å². The fourth-order valence-corrected chi connectivity index (χ4v) is 1.88. The number of hydrogen-bond acceptors (Lipinski definition) is 3. The first-order valence-corrected chi connectivity index (χ1v) is 7.22. The molecule has 1 aromatic rings. The summed E-state index contributed by atoms with van der Waals surface area (Å²) < 4.78 is 13.5. The number of urea groups is 1. The average molecular weight is 286 g/mol. The summed E-state index contributed by atoms with van der Waals surface area (Å²) in [5.41, 5.74) is 0.400. The molecule has 2 amide bonds. The lowest BCUT2D eigenvalue weighted by atomic mass is 10.1. The lowest BCUT2D eigenvalue weighted by Gasteiger charge is -2.19. The molecule has 0 fully saturated rings. The van der Waals surface area contributed by atoms with Crippen LogP contribution in [0.1, 0.15) is 13.8 Å². The molecule has 0 radical (unpaired) electrons. The van der Waals surface area contributed by atoms with E-state index in [-0.39, 0.29) is 24.4 Å². The molecule has 0 saturated heterocycles. The van der Waals surface area contributed by atoms with Gasteiger partial charge in [-0.25, -0.2) is 9.18 Å². The van der Waals surface area contributed by atoms with Crippen molar-refractivity contribution in [2.24, 2.45) is 5.92 Å². The van der Waals surface area contributed by atoms with E-state index in [1.165, 1.54) is 17.8 Å². The largest absolute Gasteiger partial charge is 0.396 e. The number of halogens is 1. The second-order valence-electron chi connectivity index (χ2n) is 4.40. The standard InChI is InChI=1S/C13H19FN2O2S/c1-8(7-17)9(2)15-13(18)16-10-4-5-12(19-3)11(14)6-10/h4-6,8-9,17H,7H2,1-3H3,(H2,15,16,18)/t8-,9+/m0/s1. The third-order valence-electron chi connectivity index (χ3n) is 2.91. The van der Waals surface area contributed by atoms with Crippen molar-refractivity contribution in [3.8, 4) is 0 Å². The number of carbonyl (C=O) groups is 1. The zero-order chi connectivity index (χ0) is 14.4. The maximum Gasteiger partial charge on any atom is 0.319 e. The molecule has 0 saturated carbocycles. The van der Waals surface area contributed by atoms with Crippen molar-refractivity contribution in [1.82, 2.24) is 5.32 Å². The average Bonchev–Trinajstić information content (AvgIpc) is 2.37. The van der Waals surface area contributed by atoms with Crippen LogP contribution in [0.2, 0.25) is 0 Å². The van der Waals surface area contributed by atoms with Gasteiger partial charge in [-0.1, -0.05) is 6.92 Å². The Balaban J connectivity index is 2.60. The Morgan fingerprint density at radius 2 is 2.16 bits per heavy atom. The summed E-state index contributed by atoms with van der Waals surface area (Å²) >= 11 is 1.31. The molecule has 1 aromatic carbocycles. The van der Waals surface area contributed by atoms with Gasteiger partial charge in [0.15, 0.2) is 0 Å². The van der Waals surface area contributed by atoms with Gasteiger partial charge < -0.3 is 15.7 Å². The fourth-order valence-electron chi connectivity index (χ4n) is 1.42. The van der Waals surface area contributed by atoms with E-state index in [4.69, 9.17) is 5.11 Å². The summed E-state index contributed by atoms with van der Waals surface area (Å²) in [5, 5.41) is 14.2. The van der Waals surface area contributed by atoms with Gasteiger partial charge in [0.05, 0.1) is 0 Å². The molecule has 3 N–H and O–H groups in total. The van der Waals surface area contributed by atoms with E-state index in [1.807, 2.05) is 6.92 Å². The first-order valence-electron chi connectivity index (χ1n) is 5.99. The van der Waals surface area contributed by atoms with Gasteiger partial charge in [0.1, 0.15) is 5.82 Å². The van der Waals surface area contributed by atoms with E-state index in [1.54, 1.807) is 25.3 Å². The Hall–Kier alpha value is -1.27. The number of aliphatic hydroxyl groups excluding tert-OH is 1. The smallest absolute Gasteiger partial charge is 0.319 e. The summed E-state index contributed by atoms with van der Waals surface area (Å²) in [4.78, 5) is 12.2. The zero-order valence-corrected chi connectivity index (χ0v) is 12.1. The Labute approximate surface area is 116 Å². The highest BCUT2D eigenvalue weighted by molar-refractivity contribution is 7.98. The fraction of sp³-hybridized carbons (Fsp3) is 0.462. The van der Waals surface area contributed by atoms with Crippen LogP contribution in [-0.4, -0.2) is 30.0 Å². The summed E-state index contributed by atoms with van der Waals surface area (Å²) in [7, 11) is 0. The van der Waals surface area contributed by atoms with E-state index in [0.717, 1.165) is 0 Å². The SMILES string of the molecule is CSc1ccc(NC(=O)N[C@H](C)[C@@H](C)CO)cc1F. The first kappa shape index (κ1) is 15.8. The summed E-state index contributed by atoms with van der Waals surface area (Å²) in [6.45, 7) is 3.63. The molecule has 0 unspecified atom stereocenters. The highest BCUT2D eigenvalue weighted by atomic mass is 32.2. The van der Waals surface area contributed by atoms with Gasteiger partial charge in [-0.15, -0.1) is 11.8 Å². The Bertz CT molecular complexity index is 443. The van der Waals surface area contributed by atoms with Crippen molar-refractivity contribution in [3.05, 3.63) is 24.0 Å². The van der Waals surface area contributed by atoms with Crippen molar-refractivity contribution in [2.75, 3.05) is 18.2 Å². The minimum Gasteiger partial charge on any atom is -0.396 e. The van der Waals surface area contributed by atoms with Crippen molar-refractivity contribution >= 4 is 23.5 Å². The highest BCUT2D eigenvalue weighted by Gasteiger charge is 2.14. The van der Waals surface area contributed by atoms with Crippen LogP contribution < -0.4 is 10.6 Å². The van der Waals surface area contributed by atoms with Crippen LogP contribution >= 0.6 is 11.8 Å². The van der Waals surface area contributed by atoms with Crippen molar-refractivity contribution < 1.29 is 14.3 Å². The second kappa shape index (κ2) is 7.35. The van der Waals surface area contributed by atoms with E-state index in [0.29, 0.717) is 10.6 Å². The van der Waals surface area contributed by atoms with Crippen molar-refractivity contribution in [1.29, 1.82) is 0 Å². The highest BCUT2D eigenvalue weighted by Crippen LogP contribution is 2.22. The van der Waals surface area contributed by atoms with Crippen LogP contribution in [0.15, 0.2) is 23.1 Å². The Kier molecular flexibility index (Phi) is 6.11. The zero-order valence-electron chi connectivity index (χ0n) is 11.2. The third-order valence-corrected chi connectivity index (χ3v) is 3.68. The van der Waals surface area contributed by atoms with Gasteiger partial charge in [0.2, 0.25) is 0 Å². The predicted octanol–water partition coefficient (Wildman–Crippen LogP) is 2.69. The maximum atomic E-state index is 13.5. The number of amides is 2. The molecule has 6 heteroatoms. The summed E-state index contributed by atoms with van der Waals surface area (Å²) in [6, 6.07) is 3.97. The van der Waals surface area contributed by atoms with Crippen LogP contribution in [0.3, 0.4) is 0 Å². The molecule has 0 bridgehead atoms. The van der Waals surface area contributed by atoms with Gasteiger partial charge in [-0.2, -0.15) is 0 Å². The minimum absolute atomic E-state index is 0.00149. The molecular weight excluding hydrogens is 267 g/mol. The molecule has 0 aromatic heterocycles. The molecule has 0 spiro atoms. The second-order valence-corrected chi connectivity index (χ2v) is 5.24. The lowest BCUT2D eigenvalue weighted by Crippen LogP contribution is -2.40. The molecule has 0 aliphatic rings. The van der Waals surface area contributed by atoms with E-state index in [2.05, 4.69) is 10.6 Å². The van der Waals surface area contributed by atoms with Crippen LogP contribution in [0.25, 0.3) is 0 Å². The number of aliphatic hydroxyl groups is 1. The number of nitrogens with one attached hydrogen (secondary N) is 2. The molecule has 19 heavy (non-hydrogen) atoms. The van der Waals surface area contributed by atoms with Gasteiger partial charge >= 0.3 is 6.03 Å². The molecule has 4 nitrogen and oxygen atoms in total. The summed E-state index contributed by atoms with van der Waals surface area (Å²) in [5.74, 6) is -0.400. The first-order chi connectivity index (χ1) is 8.97. The number of carbonyl (C=O) groups excluding carboxylic acids is 1. The third kappa shape index (κ3) is 4.72.